The molecule has 4 rings (SSSR count). The second kappa shape index (κ2) is 9.86. The fourth-order valence-electron chi connectivity index (χ4n) is 3.43. The standard InChI is InChI=1S/C22H24N4O4S2/c1-31-22-23-9-10-26(22)19-4-2-3-18(15-19)21(27)24-16-17-5-7-20(8-6-17)32(28,29)25-11-13-30-14-12-25/h2-10,15H,11-14,16H2,1H3,(H,24,27). The summed E-state index contributed by atoms with van der Waals surface area (Å²) in [7, 11) is -3.53. The van der Waals surface area contributed by atoms with Gasteiger partial charge < -0.3 is 10.1 Å². The number of amides is 1. The predicted molar refractivity (Wildman–Crippen MR) is 123 cm³/mol. The molecule has 1 amide bonds. The minimum atomic E-state index is -3.53. The van der Waals surface area contributed by atoms with Gasteiger partial charge in [0.25, 0.3) is 5.91 Å². The Morgan fingerprint density at radius 3 is 2.62 bits per heavy atom. The summed E-state index contributed by atoms with van der Waals surface area (Å²) in [6.45, 7) is 1.82. The lowest BCUT2D eigenvalue weighted by atomic mass is 10.1. The Kier molecular flexibility index (Phi) is 6.95. The van der Waals surface area contributed by atoms with Crippen LogP contribution in [0.1, 0.15) is 15.9 Å². The van der Waals surface area contributed by atoms with Gasteiger partial charge in [-0.3, -0.25) is 9.36 Å². The quantitative estimate of drug-likeness (QED) is 0.531. The molecule has 32 heavy (non-hydrogen) atoms. The molecule has 0 unspecified atom stereocenters. The van der Waals surface area contributed by atoms with E-state index in [1.807, 2.05) is 35.2 Å². The fraction of sp³-hybridized carbons (Fsp3) is 0.273. The number of sulfonamides is 1. The molecule has 0 saturated carbocycles. The zero-order chi connectivity index (χ0) is 22.6. The van der Waals surface area contributed by atoms with Crippen molar-refractivity contribution in [1.29, 1.82) is 0 Å². The van der Waals surface area contributed by atoms with Crippen LogP contribution in [0.15, 0.2) is 71.0 Å². The minimum Gasteiger partial charge on any atom is -0.379 e. The Hall–Kier alpha value is -2.66. The van der Waals surface area contributed by atoms with E-state index in [1.54, 1.807) is 36.5 Å². The molecular weight excluding hydrogens is 448 g/mol. The third kappa shape index (κ3) is 4.88. The van der Waals surface area contributed by atoms with Gasteiger partial charge in [-0.2, -0.15) is 4.31 Å². The number of ether oxygens (including phenoxy) is 1. The van der Waals surface area contributed by atoms with E-state index in [-0.39, 0.29) is 10.8 Å². The normalized spacial score (nSPS) is 14.9. The van der Waals surface area contributed by atoms with Crippen LogP contribution in [0.5, 0.6) is 0 Å². The lowest BCUT2D eigenvalue weighted by Crippen LogP contribution is -2.40. The van der Waals surface area contributed by atoms with Crippen LogP contribution in [0, 0.1) is 0 Å². The summed E-state index contributed by atoms with van der Waals surface area (Å²) in [5.41, 5.74) is 2.21. The average Bonchev–Trinajstić information content (AvgIpc) is 3.32. The SMILES string of the molecule is CSc1nccn1-c1cccc(C(=O)NCc2ccc(S(=O)(=O)N3CCOCC3)cc2)c1. The largest absolute Gasteiger partial charge is 0.379 e. The molecule has 10 heteroatoms. The first-order valence-corrected chi connectivity index (χ1v) is 12.8. The van der Waals surface area contributed by atoms with Crippen molar-refractivity contribution in [2.75, 3.05) is 32.6 Å². The lowest BCUT2D eigenvalue weighted by Gasteiger charge is -2.26. The number of aromatic nitrogens is 2. The molecule has 8 nitrogen and oxygen atoms in total. The summed E-state index contributed by atoms with van der Waals surface area (Å²) in [5, 5.41) is 3.73. The van der Waals surface area contributed by atoms with Crippen molar-refractivity contribution in [3.05, 3.63) is 72.1 Å². The molecule has 0 atom stereocenters. The van der Waals surface area contributed by atoms with E-state index in [2.05, 4.69) is 10.3 Å². The maximum Gasteiger partial charge on any atom is 0.251 e. The van der Waals surface area contributed by atoms with Crippen LogP contribution in [0.25, 0.3) is 5.69 Å². The fourth-order valence-corrected chi connectivity index (χ4v) is 5.37. The first-order chi connectivity index (χ1) is 15.5. The summed E-state index contributed by atoms with van der Waals surface area (Å²) in [6.07, 6.45) is 5.53. The zero-order valence-electron chi connectivity index (χ0n) is 17.6. The summed E-state index contributed by atoms with van der Waals surface area (Å²) in [5.74, 6) is -0.206. The molecule has 0 bridgehead atoms. The number of rotatable bonds is 7. The second-order valence-corrected chi connectivity index (χ2v) is 9.89. The van der Waals surface area contributed by atoms with Gasteiger partial charge in [-0.15, -0.1) is 0 Å². The van der Waals surface area contributed by atoms with Crippen LogP contribution >= 0.6 is 11.8 Å². The van der Waals surface area contributed by atoms with Crippen LogP contribution in [0.4, 0.5) is 0 Å². The molecule has 1 aliphatic heterocycles. The van der Waals surface area contributed by atoms with E-state index >= 15 is 0 Å². The van der Waals surface area contributed by atoms with Gasteiger partial charge in [0.05, 0.1) is 18.1 Å². The molecule has 0 aliphatic carbocycles. The van der Waals surface area contributed by atoms with Crippen molar-refractivity contribution in [2.24, 2.45) is 0 Å². The topological polar surface area (TPSA) is 93.5 Å². The van der Waals surface area contributed by atoms with Crippen molar-refractivity contribution in [3.8, 4) is 5.69 Å². The Bertz CT molecular complexity index is 1190. The molecule has 2 aromatic carbocycles. The number of imidazole rings is 1. The van der Waals surface area contributed by atoms with Gasteiger partial charge in [-0.05, 0) is 42.2 Å². The highest BCUT2D eigenvalue weighted by Gasteiger charge is 2.26. The predicted octanol–water partition coefficient (Wildman–Crippen LogP) is 2.55. The first kappa shape index (κ1) is 22.5. The van der Waals surface area contributed by atoms with E-state index in [4.69, 9.17) is 4.74 Å². The zero-order valence-corrected chi connectivity index (χ0v) is 19.2. The Balaban J connectivity index is 1.41. The van der Waals surface area contributed by atoms with Gasteiger partial charge in [-0.1, -0.05) is 30.0 Å². The molecule has 2 heterocycles. The average molecular weight is 473 g/mol. The molecule has 1 fully saturated rings. The van der Waals surface area contributed by atoms with Gasteiger partial charge in [-0.25, -0.2) is 13.4 Å². The minimum absolute atomic E-state index is 0.206. The number of nitrogens with zero attached hydrogens (tertiary/aromatic N) is 3. The molecule has 168 valence electrons. The van der Waals surface area contributed by atoms with E-state index in [0.717, 1.165) is 16.4 Å². The molecule has 1 aromatic heterocycles. The van der Waals surface area contributed by atoms with Crippen LogP contribution in [-0.4, -0.2) is 60.7 Å². The monoisotopic (exact) mass is 472 g/mol. The molecule has 0 spiro atoms. The summed E-state index contributed by atoms with van der Waals surface area (Å²) < 4.78 is 34.0. The number of thioether (sulfide) groups is 1. The number of carbonyl (C=O) groups excluding carboxylic acids is 1. The van der Waals surface area contributed by atoms with Crippen LogP contribution in [-0.2, 0) is 21.3 Å². The van der Waals surface area contributed by atoms with Gasteiger partial charge in [0, 0.05) is 43.3 Å². The molecule has 1 saturated heterocycles. The molecular formula is C22H24N4O4S2. The molecule has 1 aliphatic rings. The van der Waals surface area contributed by atoms with Gasteiger partial charge in [0.2, 0.25) is 10.0 Å². The summed E-state index contributed by atoms with van der Waals surface area (Å²) >= 11 is 1.53. The molecule has 3 aromatic rings. The highest BCUT2D eigenvalue weighted by atomic mass is 32.2. The summed E-state index contributed by atoms with van der Waals surface area (Å²) in [4.78, 5) is 17.2. The molecule has 1 N–H and O–H groups in total. The number of benzene rings is 2. The highest BCUT2D eigenvalue weighted by Crippen LogP contribution is 2.20. The first-order valence-electron chi connectivity index (χ1n) is 10.1. The van der Waals surface area contributed by atoms with Crippen LogP contribution in [0.3, 0.4) is 0 Å². The van der Waals surface area contributed by atoms with Gasteiger partial charge >= 0.3 is 0 Å². The van der Waals surface area contributed by atoms with Crippen molar-refractivity contribution in [1.82, 2.24) is 19.2 Å². The number of hydrogen-bond acceptors (Lipinski definition) is 6. The maximum absolute atomic E-state index is 12.7. The highest BCUT2D eigenvalue weighted by molar-refractivity contribution is 7.98. The Morgan fingerprint density at radius 1 is 1.16 bits per heavy atom. The van der Waals surface area contributed by atoms with E-state index in [1.165, 1.54) is 16.1 Å². The third-order valence-corrected chi connectivity index (χ3v) is 7.74. The van der Waals surface area contributed by atoms with Gasteiger partial charge in [0.1, 0.15) is 0 Å². The van der Waals surface area contributed by atoms with E-state index < -0.39 is 10.0 Å². The van der Waals surface area contributed by atoms with Crippen molar-refractivity contribution in [3.63, 3.8) is 0 Å². The van der Waals surface area contributed by atoms with Crippen LogP contribution < -0.4 is 5.32 Å². The Morgan fingerprint density at radius 2 is 1.91 bits per heavy atom. The number of hydrogen-bond donors (Lipinski definition) is 1. The Labute approximate surface area is 191 Å². The molecule has 0 radical (unpaired) electrons. The number of carbonyl (C=O) groups is 1. The summed E-state index contributed by atoms with van der Waals surface area (Å²) in [6, 6.07) is 13.9. The van der Waals surface area contributed by atoms with Crippen LogP contribution in [0.2, 0.25) is 0 Å². The van der Waals surface area contributed by atoms with Crippen molar-refractivity contribution < 1.29 is 17.9 Å². The third-order valence-electron chi connectivity index (χ3n) is 5.16. The smallest absolute Gasteiger partial charge is 0.251 e. The number of nitrogens with one attached hydrogen (secondary N) is 1. The lowest BCUT2D eigenvalue weighted by molar-refractivity contribution is 0.0730. The van der Waals surface area contributed by atoms with Crippen molar-refractivity contribution >= 4 is 27.7 Å². The second-order valence-electron chi connectivity index (χ2n) is 7.18. The van der Waals surface area contributed by atoms with E-state index in [9.17, 15) is 13.2 Å². The van der Waals surface area contributed by atoms with E-state index in [0.29, 0.717) is 38.4 Å². The van der Waals surface area contributed by atoms with Gasteiger partial charge in [0.15, 0.2) is 5.16 Å². The maximum atomic E-state index is 12.7. The number of morpholine rings is 1. The van der Waals surface area contributed by atoms with Crippen molar-refractivity contribution in [2.45, 2.75) is 16.6 Å².